The molecule has 0 atom stereocenters. The molecule has 0 spiro atoms. The van der Waals surface area contributed by atoms with Crippen molar-refractivity contribution in [3.63, 3.8) is 0 Å². The molecule has 8 nitrogen and oxygen atoms in total. The number of nitrogens with one attached hydrogen (secondary N) is 2. The van der Waals surface area contributed by atoms with Gasteiger partial charge in [-0.15, -0.1) is 0 Å². The Hall–Kier alpha value is -4.53. The Morgan fingerprint density at radius 3 is 2.24 bits per heavy atom. The lowest BCUT2D eigenvalue weighted by molar-refractivity contribution is -0.117. The van der Waals surface area contributed by atoms with Gasteiger partial charge in [-0.1, -0.05) is 35.9 Å². The second-order valence-corrected chi connectivity index (χ2v) is 9.23. The third-order valence-electron chi connectivity index (χ3n) is 6.26. The average Bonchev–Trinajstić information content (AvgIpc) is 2.89. The molecule has 1 aromatic heterocycles. The van der Waals surface area contributed by atoms with Crippen molar-refractivity contribution >= 4 is 34.1 Å². The molecule has 0 aliphatic rings. The fourth-order valence-electron chi connectivity index (χ4n) is 4.15. The van der Waals surface area contributed by atoms with Crippen LogP contribution in [0.4, 0.5) is 15.8 Å². The fraction of sp³-hybridized carbons (Fsp3) is 0.241. The smallest absolute Gasteiger partial charge is 0.326 e. The standard InChI is InChI=1S/C29H29FN4O4/c1-19-10-13-21(14-11-19)31-26(35)9-5-6-16-33-28(37)23-7-3-4-8-25(23)34(29(33)38)18-27(36)32-22-15-12-20(2)24(30)17-22/h3-4,7-8,10-15,17H,5-6,9,16,18H2,1-2H3,(H,31,35)(H,32,36). The summed E-state index contributed by atoms with van der Waals surface area (Å²) in [6.07, 6.45) is 1.12. The summed E-state index contributed by atoms with van der Waals surface area (Å²) in [6, 6.07) is 18.4. The normalized spacial score (nSPS) is 10.9. The molecule has 0 fully saturated rings. The number of aryl methyl sites for hydroxylation is 2. The number of halogens is 1. The van der Waals surface area contributed by atoms with E-state index in [2.05, 4.69) is 10.6 Å². The van der Waals surface area contributed by atoms with Gasteiger partial charge < -0.3 is 10.6 Å². The Labute approximate surface area is 218 Å². The van der Waals surface area contributed by atoms with E-state index in [0.717, 1.165) is 10.1 Å². The summed E-state index contributed by atoms with van der Waals surface area (Å²) in [6.45, 7) is 3.33. The van der Waals surface area contributed by atoms with Crippen molar-refractivity contribution in [3.8, 4) is 0 Å². The number of anilines is 2. The number of fused-ring (bicyclic) bond motifs is 1. The number of amides is 2. The number of aromatic nitrogens is 2. The van der Waals surface area contributed by atoms with Crippen molar-refractivity contribution < 1.29 is 14.0 Å². The first kappa shape index (κ1) is 26.5. The van der Waals surface area contributed by atoms with E-state index in [9.17, 15) is 23.6 Å². The zero-order chi connectivity index (χ0) is 27.2. The van der Waals surface area contributed by atoms with Gasteiger partial charge in [0, 0.05) is 24.3 Å². The zero-order valence-corrected chi connectivity index (χ0v) is 21.3. The molecule has 4 aromatic rings. The quantitative estimate of drug-likeness (QED) is 0.323. The van der Waals surface area contributed by atoms with Crippen LogP contribution < -0.4 is 21.9 Å². The van der Waals surface area contributed by atoms with E-state index < -0.39 is 23.0 Å². The third kappa shape index (κ3) is 6.23. The van der Waals surface area contributed by atoms with Crippen molar-refractivity contribution in [1.82, 2.24) is 9.13 Å². The second-order valence-electron chi connectivity index (χ2n) is 9.23. The third-order valence-corrected chi connectivity index (χ3v) is 6.26. The van der Waals surface area contributed by atoms with Gasteiger partial charge in [0.15, 0.2) is 0 Å². The zero-order valence-electron chi connectivity index (χ0n) is 21.3. The van der Waals surface area contributed by atoms with E-state index in [1.807, 2.05) is 31.2 Å². The van der Waals surface area contributed by atoms with E-state index in [-0.39, 0.29) is 31.1 Å². The lowest BCUT2D eigenvalue weighted by Crippen LogP contribution is -2.41. The summed E-state index contributed by atoms with van der Waals surface area (Å²) in [5, 5.41) is 5.74. The monoisotopic (exact) mass is 516 g/mol. The Kier molecular flexibility index (Phi) is 8.15. The maximum absolute atomic E-state index is 13.9. The minimum atomic E-state index is -0.622. The molecule has 196 valence electrons. The molecule has 0 unspecified atom stereocenters. The summed E-state index contributed by atoms with van der Waals surface area (Å²) in [5.41, 5.74) is 1.78. The van der Waals surface area contributed by atoms with Crippen LogP contribution >= 0.6 is 0 Å². The van der Waals surface area contributed by atoms with Gasteiger partial charge in [-0.05, 0) is 68.7 Å². The number of nitrogens with zero attached hydrogens (tertiary/aromatic N) is 2. The van der Waals surface area contributed by atoms with Gasteiger partial charge in [0.1, 0.15) is 12.4 Å². The highest BCUT2D eigenvalue weighted by Gasteiger charge is 2.16. The maximum Gasteiger partial charge on any atom is 0.331 e. The SMILES string of the molecule is Cc1ccc(NC(=O)CCCCn2c(=O)c3ccccc3n(CC(=O)Nc3ccc(C)c(F)c3)c2=O)cc1. The van der Waals surface area contributed by atoms with Crippen molar-refractivity contribution in [2.45, 2.75) is 46.2 Å². The summed E-state index contributed by atoms with van der Waals surface area (Å²) in [7, 11) is 0. The number of unbranched alkanes of at least 4 members (excludes halogenated alkanes) is 1. The van der Waals surface area contributed by atoms with Gasteiger partial charge in [0.2, 0.25) is 11.8 Å². The topological polar surface area (TPSA) is 102 Å². The maximum atomic E-state index is 13.9. The Balaban J connectivity index is 1.47. The highest BCUT2D eigenvalue weighted by molar-refractivity contribution is 5.92. The van der Waals surface area contributed by atoms with Gasteiger partial charge in [-0.3, -0.25) is 23.5 Å². The van der Waals surface area contributed by atoms with E-state index in [0.29, 0.717) is 35.0 Å². The van der Waals surface area contributed by atoms with Crippen LogP contribution in [0.15, 0.2) is 76.3 Å². The van der Waals surface area contributed by atoms with Crippen LogP contribution in [-0.4, -0.2) is 20.9 Å². The number of para-hydroxylation sites is 1. The predicted octanol–water partition coefficient (Wildman–Crippen LogP) is 4.37. The lowest BCUT2D eigenvalue weighted by atomic mass is 10.2. The molecule has 0 saturated carbocycles. The molecule has 3 aromatic carbocycles. The molecular weight excluding hydrogens is 487 g/mol. The highest BCUT2D eigenvalue weighted by Crippen LogP contribution is 2.14. The van der Waals surface area contributed by atoms with Gasteiger partial charge >= 0.3 is 5.69 Å². The van der Waals surface area contributed by atoms with Crippen LogP contribution in [0, 0.1) is 19.7 Å². The predicted molar refractivity (Wildman–Crippen MR) is 146 cm³/mol. The van der Waals surface area contributed by atoms with Crippen LogP contribution in [0.1, 0.15) is 30.4 Å². The Morgan fingerprint density at radius 2 is 1.50 bits per heavy atom. The number of rotatable bonds is 9. The molecule has 38 heavy (non-hydrogen) atoms. The number of carbonyl (C=O) groups excluding carboxylic acids is 2. The highest BCUT2D eigenvalue weighted by atomic mass is 19.1. The van der Waals surface area contributed by atoms with Crippen molar-refractivity contribution in [3.05, 3.63) is 105 Å². The van der Waals surface area contributed by atoms with Crippen LogP contribution in [-0.2, 0) is 22.7 Å². The molecule has 2 N–H and O–H groups in total. The summed E-state index contributed by atoms with van der Waals surface area (Å²) in [5.74, 6) is -1.13. The van der Waals surface area contributed by atoms with Crippen LogP contribution in [0.2, 0.25) is 0 Å². The molecular formula is C29H29FN4O4. The minimum absolute atomic E-state index is 0.102. The largest absolute Gasteiger partial charge is 0.331 e. The second kappa shape index (κ2) is 11.7. The summed E-state index contributed by atoms with van der Waals surface area (Å²) in [4.78, 5) is 51.4. The first-order valence-electron chi connectivity index (χ1n) is 12.4. The van der Waals surface area contributed by atoms with Gasteiger partial charge in [0.25, 0.3) is 5.56 Å². The molecule has 0 radical (unpaired) electrons. The van der Waals surface area contributed by atoms with E-state index in [1.54, 1.807) is 43.3 Å². The Bertz CT molecular complexity index is 1610. The van der Waals surface area contributed by atoms with Crippen molar-refractivity contribution in [1.29, 1.82) is 0 Å². The van der Waals surface area contributed by atoms with Gasteiger partial charge in [-0.2, -0.15) is 0 Å². The van der Waals surface area contributed by atoms with Crippen LogP contribution in [0.25, 0.3) is 10.9 Å². The van der Waals surface area contributed by atoms with Crippen molar-refractivity contribution in [2.75, 3.05) is 10.6 Å². The fourth-order valence-corrected chi connectivity index (χ4v) is 4.15. The number of benzene rings is 3. The van der Waals surface area contributed by atoms with Gasteiger partial charge in [0.05, 0.1) is 10.9 Å². The molecule has 9 heteroatoms. The number of carbonyl (C=O) groups is 2. The van der Waals surface area contributed by atoms with Gasteiger partial charge in [-0.25, -0.2) is 9.18 Å². The molecule has 0 aliphatic carbocycles. The van der Waals surface area contributed by atoms with E-state index in [1.165, 1.54) is 10.6 Å². The summed E-state index contributed by atoms with van der Waals surface area (Å²) >= 11 is 0. The van der Waals surface area contributed by atoms with E-state index >= 15 is 0 Å². The minimum Gasteiger partial charge on any atom is -0.326 e. The molecule has 2 amide bonds. The molecule has 0 saturated heterocycles. The first-order valence-corrected chi connectivity index (χ1v) is 12.4. The molecule has 0 bridgehead atoms. The molecule has 1 heterocycles. The average molecular weight is 517 g/mol. The van der Waals surface area contributed by atoms with Crippen LogP contribution in [0.5, 0.6) is 0 Å². The first-order chi connectivity index (χ1) is 18.2. The van der Waals surface area contributed by atoms with Crippen LogP contribution in [0.3, 0.4) is 0 Å². The summed E-state index contributed by atoms with van der Waals surface area (Å²) < 4.78 is 16.2. The van der Waals surface area contributed by atoms with Crippen molar-refractivity contribution in [2.24, 2.45) is 0 Å². The number of hydrogen-bond donors (Lipinski definition) is 2. The Morgan fingerprint density at radius 1 is 0.816 bits per heavy atom. The molecule has 0 aliphatic heterocycles. The molecule has 4 rings (SSSR count). The lowest BCUT2D eigenvalue weighted by Gasteiger charge is -2.14. The van der Waals surface area contributed by atoms with E-state index in [4.69, 9.17) is 0 Å². The number of hydrogen-bond acceptors (Lipinski definition) is 4.